The van der Waals surface area contributed by atoms with E-state index in [1.165, 1.54) is 72.5 Å². The number of hydrogen-bond acceptors (Lipinski definition) is 24. The number of unbranched alkanes of at least 4 members (excludes halogenated alkanes) is 4. The van der Waals surface area contributed by atoms with Crippen LogP contribution in [0.1, 0.15) is 71.9 Å². The molecule has 6 N–H and O–H groups in total. The Bertz CT molecular complexity index is 3050. The number of anilines is 1. The molecule has 3 unspecified atom stereocenters. The Morgan fingerprint density at radius 1 is 0.722 bits per heavy atom. The van der Waals surface area contributed by atoms with Crippen molar-refractivity contribution < 1.29 is 97.9 Å². The Morgan fingerprint density at radius 2 is 1.32 bits per heavy atom. The van der Waals surface area contributed by atoms with Gasteiger partial charge in [-0.2, -0.15) is 4.98 Å². The molecule has 3 aromatic rings. The third-order valence-electron chi connectivity index (χ3n) is 11.9. The lowest BCUT2D eigenvalue weighted by Gasteiger charge is -2.20. The van der Waals surface area contributed by atoms with Crippen molar-refractivity contribution in [1.29, 1.82) is 0 Å². The average molecular weight is 1170 g/mol. The lowest BCUT2D eigenvalue weighted by molar-refractivity contribution is -0.0473. The number of ether oxygens (including phenoxy) is 3. The number of nitrogen functional groups attached to an aromatic ring is 1. The number of aliphatic hydroxyl groups excluding tert-OH is 1. The third-order valence-corrected chi connectivity index (χ3v) is 16.2. The van der Waals surface area contributed by atoms with Gasteiger partial charge in [-0.05, 0) is 79.8 Å². The minimum Gasteiger partial charge on any atom is -0.508 e. The van der Waals surface area contributed by atoms with Gasteiger partial charge < -0.3 is 45.0 Å². The molecule has 1 saturated heterocycles. The van der Waals surface area contributed by atoms with E-state index in [2.05, 4.69) is 10.3 Å². The van der Waals surface area contributed by atoms with Crippen LogP contribution < -0.4 is 22.2 Å². The van der Waals surface area contributed by atoms with Gasteiger partial charge in [-0.3, -0.25) is 54.9 Å². The number of phenolic OH excluding ortho intramolecular Hbond substituents is 1. The second kappa shape index (κ2) is 30.5. The zero-order chi connectivity index (χ0) is 57.0. The monoisotopic (exact) mass is 1170 g/mol. The number of phosphoric acid groups is 3. The molecule has 0 bridgehead atoms. The number of nitrogens with one attached hydrogen (secondary N) is 1. The van der Waals surface area contributed by atoms with Gasteiger partial charge in [-0.1, -0.05) is 12.8 Å². The molecular formula is C49H65N4O23P3. The summed E-state index contributed by atoms with van der Waals surface area (Å²) in [6.45, 7) is -0.0283. The van der Waals surface area contributed by atoms with Crippen molar-refractivity contribution in [3.63, 3.8) is 0 Å². The fourth-order valence-corrected chi connectivity index (χ4v) is 10.7. The van der Waals surface area contributed by atoms with Crippen molar-refractivity contribution in [2.45, 2.75) is 63.4 Å². The number of carbonyl (C=O) groups excluding carboxylic acids is 1. The Morgan fingerprint density at radius 3 is 1.94 bits per heavy atom. The molecule has 3 heterocycles. The van der Waals surface area contributed by atoms with Crippen LogP contribution in [0.3, 0.4) is 0 Å². The fourth-order valence-electron chi connectivity index (χ4n) is 7.86. The number of fused-ring (bicyclic) bond motifs is 2. The van der Waals surface area contributed by atoms with E-state index in [0.29, 0.717) is 55.2 Å². The number of carboxylic acids is 1. The van der Waals surface area contributed by atoms with E-state index >= 15 is 0 Å². The second-order valence-corrected chi connectivity index (χ2v) is 22.6. The number of phosphoric ester groups is 3. The van der Waals surface area contributed by atoms with E-state index in [4.69, 9.17) is 65.1 Å². The molecule has 27 nitrogen and oxygen atoms in total. The molecule has 6 atom stereocenters. The maximum atomic E-state index is 13.3. The first kappa shape index (κ1) is 62.9. The predicted octanol–water partition coefficient (Wildman–Crippen LogP) is 6.92. The number of hydrogen-bond donors (Lipinski definition) is 5. The minimum absolute atomic E-state index is 0.0218. The number of nitrogens with zero attached hydrogens (tertiary/aromatic N) is 2. The van der Waals surface area contributed by atoms with Crippen molar-refractivity contribution >= 4 is 52.1 Å². The van der Waals surface area contributed by atoms with Gasteiger partial charge in [0.1, 0.15) is 35.2 Å². The molecule has 1 fully saturated rings. The maximum Gasteiger partial charge on any atom is 0.474 e. The zero-order valence-electron chi connectivity index (χ0n) is 43.6. The fraction of sp³-hybridized carbons (Fsp3) is 0.490. The van der Waals surface area contributed by atoms with Crippen molar-refractivity contribution in [3.05, 3.63) is 98.7 Å². The summed E-state index contributed by atoms with van der Waals surface area (Å²) < 4.78 is 109. The highest BCUT2D eigenvalue weighted by Gasteiger charge is 2.38. The summed E-state index contributed by atoms with van der Waals surface area (Å²) in [6, 6.07) is 14.2. The van der Waals surface area contributed by atoms with Crippen LogP contribution in [-0.2, 0) is 68.6 Å². The number of rotatable bonds is 36. The smallest absolute Gasteiger partial charge is 0.474 e. The predicted molar refractivity (Wildman–Crippen MR) is 282 cm³/mol. The first-order valence-corrected chi connectivity index (χ1v) is 29.3. The van der Waals surface area contributed by atoms with Crippen LogP contribution in [0.4, 0.5) is 5.82 Å². The second-order valence-electron chi connectivity index (χ2n) is 17.3. The average Bonchev–Trinajstić information content (AvgIpc) is 3.87. The van der Waals surface area contributed by atoms with E-state index in [1.54, 1.807) is 6.07 Å². The summed E-state index contributed by atoms with van der Waals surface area (Å²) in [5.41, 5.74) is 5.99. The Kier molecular flexibility index (Phi) is 24.3. The van der Waals surface area contributed by atoms with Crippen LogP contribution in [0.25, 0.3) is 33.4 Å². The van der Waals surface area contributed by atoms with E-state index in [0.717, 1.165) is 14.2 Å². The van der Waals surface area contributed by atoms with Crippen LogP contribution in [0.15, 0.2) is 80.9 Å². The number of aliphatic hydroxyl groups is 1. The summed E-state index contributed by atoms with van der Waals surface area (Å²) in [6.07, 6.45) is 1.66. The number of nitrogens with two attached hydrogens (primary N) is 1. The number of phenols is 1. The number of benzene rings is 3. The van der Waals surface area contributed by atoms with Gasteiger partial charge >= 0.3 is 35.1 Å². The van der Waals surface area contributed by atoms with Crippen LogP contribution in [0.5, 0.6) is 5.75 Å². The standard InChI is InChI=1S/C49H65N4O23P3/c1-64-77(61,69-19-7-5-4-6-17-51-47(57)33-10-13-36(48(58)59)39(28-33)46-37-14-11-34(54)29-41(37)75-42-30-35(55)12-15-38(42)46)72-26-24-67-22-23-68-25-27-73-78(62,65-2)70-20-8-9-21-71-79(63,66-3)74-32-43-40(56)31-45(76-43)53-18-16-44(50)52-49(53)60/h10-16,18,28-30,40,43,45,54,56H,4-9,17,19-27,31-32H2,1-3H3,(H,51,57)(H,58,59)(H2,50,52,60)/t40-,43-,45-,77?,78?,79?/m1/s1. The molecule has 30 heteroatoms. The van der Waals surface area contributed by atoms with Crippen LogP contribution in [0, 0.1) is 0 Å². The van der Waals surface area contributed by atoms with E-state index in [-0.39, 0.29) is 124 Å². The number of amides is 1. The summed E-state index contributed by atoms with van der Waals surface area (Å²) in [4.78, 5) is 53.7. The molecule has 2 aromatic carbocycles. The quantitative estimate of drug-likeness (QED) is 0.0154. The lowest BCUT2D eigenvalue weighted by Crippen LogP contribution is -2.28. The topological polar surface area (TPSA) is 360 Å². The van der Waals surface area contributed by atoms with Gasteiger partial charge in [-0.15, -0.1) is 0 Å². The molecule has 6 rings (SSSR count). The highest BCUT2D eigenvalue weighted by atomic mass is 31.2. The molecular weight excluding hydrogens is 1110 g/mol. The van der Waals surface area contributed by atoms with Gasteiger partial charge in [0.15, 0.2) is 5.43 Å². The summed E-state index contributed by atoms with van der Waals surface area (Å²) in [5.74, 6) is -1.53. The molecule has 0 radical (unpaired) electrons. The summed E-state index contributed by atoms with van der Waals surface area (Å²) in [5, 5.41) is 34.0. The first-order chi connectivity index (χ1) is 37.9. The minimum atomic E-state index is -4.05. The summed E-state index contributed by atoms with van der Waals surface area (Å²) >= 11 is 0. The molecule has 1 aliphatic carbocycles. The van der Waals surface area contributed by atoms with Crippen molar-refractivity contribution in [1.82, 2.24) is 14.9 Å². The van der Waals surface area contributed by atoms with Gasteiger partial charge in [0.2, 0.25) is 0 Å². The molecule has 1 amide bonds. The molecule has 3 aliphatic rings. The SMILES string of the molecule is COP(=O)(OCCCCCCNC(=O)c1ccc(C(=O)O)c(-c2c3ccc(=O)cc-3oc3cc(O)ccc23)c1)OCCOCCOCCOP(=O)(OC)OCCCCOP(=O)(OC)OC[C@H]1O[C@@H](n2ccc(N)nc2=O)C[C@H]1O. The number of carboxylic acid groups (broad SMARTS) is 1. The van der Waals surface area contributed by atoms with Gasteiger partial charge in [0.25, 0.3) is 5.91 Å². The summed E-state index contributed by atoms with van der Waals surface area (Å²) in [7, 11) is -8.35. The van der Waals surface area contributed by atoms with Gasteiger partial charge in [0, 0.05) is 74.7 Å². The highest BCUT2D eigenvalue weighted by molar-refractivity contribution is 7.49. The first-order valence-electron chi connectivity index (χ1n) is 24.9. The molecule has 434 valence electrons. The number of aromatic carboxylic acids is 1. The zero-order valence-corrected chi connectivity index (χ0v) is 46.3. The maximum absolute atomic E-state index is 13.3. The molecule has 0 saturated carbocycles. The normalized spacial score (nSPS) is 17.8. The Hall–Kier alpha value is -5.28. The number of aromatic hydroxyl groups is 1. The van der Waals surface area contributed by atoms with E-state index < -0.39 is 59.5 Å². The Balaban J connectivity index is 0.777. The molecule has 79 heavy (non-hydrogen) atoms. The van der Waals surface area contributed by atoms with Crippen molar-refractivity contribution in [2.75, 3.05) is 99.7 Å². The van der Waals surface area contributed by atoms with E-state index in [9.17, 15) is 48.2 Å². The van der Waals surface area contributed by atoms with Crippen LogP contribution >= 0.6 is 23.5 Å². The molecule has 2 aliphatic heterocycles. The molecule has 1 aromatic heterocycles. The highest BCUT2D eigenvalue weighted by Crippen LogP contribution is 2.51. The largest absolute Gasteiger partial charge is 0.508 e. The van der Waals surface area contributed by atoms with Crippen LogP contribution in [-0.4, -0.2) is 143 Å². The van der Waals surface area contributed by atoms with Gasteiger partial charge in [-0.25, -0.2) is 23.3 Å². The van der Waals surface area contributed by atoms with Crippen molar-refractivity contribution in [3.8, 4) is 28.2 Å². The molecule has 0 spiro atoms. The number of aromatic nitrogens is 2. The lowest BCUT2D eigenvalue weighted by atomic mass is 9.89. The Labute approximate surface area is 453 Å². The van der Waals surface area contributed by atoms with Gasteiger partial charge in [0.05, 0.1) is 77.7 Å². The third kappa shape index (κ3) is 18.6. The van der Waals surface area contributed by atoms with E-state index in [1.807, 2.05) is 0 Å². The van der Waals surface area contributed by atoms with Crippen LogP contribution in [0.2, 0.25) is 0 Å². The number of carbonyl (C=O) groups is 2. The van der Waals surface area contributed by atoms with Crippen molar-refractivity contribution in [2.24, 2.45) is 0 Å².